The molecule has 11 heavy (non-hydrogen) atoms. The maximum atomic E-state index is 5.35. The van der Waals surface area contributed by atoms with Gasteiger partial charge in [0.15, 0.2) is 0 Å². The van der Waals surface area contributed by atoms with Gasteiger partial charge in [-0.05, 0) is 32.4 Å². The van der Waals surface area contributed by atoms with E-state index in [1.165, 1.54) is 0 Å². The van der Waals surface area contributed by atoms with E-state index in [1.54, 1.807) is 0 Å². The SMILES string of the molecule is Cc1c[c]nc(OC(C)C)c1. The van der Waals surface area contributed by atoms with Gasteiger partial charge >= 0.3 is 0 Å². The number of rotatable bonds is 2. The summed E-state index contributed by atoms with van der Waals surface area (Å²) in [6.45, 7) is 5.94. The first-order chi connectivity index (χ1) is 5.18. The van der Waals surface area contributed by atoms with E-state index in [4.69, 9.17) is 4.74 Å². The van der Waals surface area contributed by atoms with Crippen molar-refractivity contribution in [3.63, 3.8) is 0 Å². The second kappa shape index (κ2) is 3.37. The van der Waals surface area contributed by atoms with E-state index < -0.39 is 0 Å². The molecule has 1 rings (SSSR count). The molecule has 0 saturated carbocycles. The van der Waals surface area contributed by atoms with Crippen LogP contribution in [0.3, 0.4) is 0 Å². The van der Waals surface area contributed by atoms with Crippen LogP contribution in [0.15, 0.2) is 12.1 Å². The highest BCUT2D eigenvalue weighted by Crippen LogP contribution is 2.08. The summed E-state index contributed by atoms with van der Waals surface area (Å²) in [5.74, 6) is 0.653. The zero-order chi connectivity index (χ0) is 8.27. The monoisotopic (exact) mass is 150 g/mol. The minimum atomic E-state index is 0.178. The van der Waals surface area contributed by atoms with Crippen LogP contribution in [0.2, 0.25) is 0 Å². The van der Waals surface area contributed by atoms with E-state index in [0.29, 0.717) is 5.88 Å². The zero-order valence-electron chi connectivity index (χ0n) is 7.09. The second-order valence-electron chi connectivity index (χ2n) is 2.78. The van der Waals surface area contributed by atoms with Crippen LogP contribution in [0.25, 0.3) is 0 Å². The second-order valence-corrected chi connectivity index (χ2v) is 2.78. The molecule has 1 radical (unpaired) electrons. The molecule has 0 amide bonds. The Morgan fingerprint density at radius 1 is 1.55 bits per heavy atom. The first kappa shape index (κ1) is 8.05. The molecule has 0 aliphatic carbocycles. The summed E-state index contributed by atoms with van der Waals surface area (Å²) in [6.07, 6.45) is 2.94. The molecule has 2 nitrogen and oxygen atoms in total. The van der Waals surface area contributed by atoms with Crippen molar-refractivity contribution in [3.8, 4) is 5.88 Å². The van der Waals surface area contributed by atoms with Gasteiger partial charge < -0.3 is 4.74 Å². The molecular formula is C9H12NO. The maximum Gasteiger partial charge on any atom is 0.214 e. The summed E-state index contributed by atoms with van der Waals surface area (Å²) in [6, 6.07) is 3.73. The molecule has 0 aliphatic rings. The van der Waals surface area contributed by atoms with Crippen molar-refractivity contribution < 1.29 is 4.74 Å². The molecule has 0 aromatic carbocycles. The van der Waals surface area contributed by atoms with E-state index in [9.17, 15) is 0 Å². The van der Waals surface area contributed by atoms with Gasteiger partial charge in [-0.3, -0.25) is 0 Å². The van der Waals surface area contributed by atoms with Crippen LogP contribution in [0.1, 0.15) is 19.4 Å². The Bertz CT molecular complexity index is 233. The number of aryl methyl sites for hydroxylation is 1. The third-order valence-electron chi connectivity index (χ3n) is 1.17. The highest BCUT2D eigenvalue weighted by Gasteiger charge is 1.97. The molecular weight excluding hydrogens is 138 g/mol. The summed E-state index contributed by atoms with van der Waals surface area (Å²) in [7, 11) is 0. The first-order valence-corrected chi connectivity index (χ1v) is 3.70. The van der Waals surface area contributed by atoms with Gasteiger partial charge in [0.2, 0.25) is 5.88 Å². The molecule has 0 spiro atoms. The average Bonchev–Trinajstić information content (AvgIpc) is 1.85. The van der Waals surface area contributed by atoms with E-state index in [1.807, 2.05) is 32.9 Å². The molecule has 1 aromatic heterocycles. The van der Waals surface area contributed by atoms with Crippen LogP contribution in [-0.2, 0) is 0 Å². The normalized spacial score (nSPS) is 10.2. The van der Waals surface area contributed by atoms with Gasteiger partial charge in [0, 0.05) is 6.07 Å². The fourth-order valence-electron chi connectivity index (χ4n) is 0.768. The Kier molecular flexibility index (Phi) is 2.47. The lowest BCUT2D eigenvalue weighted by Gasteiger charge is -2.07. The van der Waals surface area contributed by atoms with Crippen LogP contribution in [0.5, 0.6) is 5.88 Å². The standard InChI is InChI=1S/C9H12NO/c1-7(2)11-9-6-8(3)4-5-10-9/h4,6-7H,1-3H3. The van der Waals surface area contributed by atoms with Gasteiger partial charge in [0.05, 0.1) is 12.3 Å². The number of hydrogen-bond donors (Lipinski definition) is 0. The van der Waals surface area contributed by atoms with E-state index in [0.717, 1.165) is 5.56 Å². The fraction of sp³-hybridized carbons (Fsp3) is 0.444. The molecule has 0 N–H and O–H groups in total. The molecule has 59 valence electrons. The highest BCUT2D eigenvalue weighted by atomic mass is 16.5. The summed E-state index contributed by atoms with van der Waals surface area (Å²) in [4.78, 5) is 3.93. The first-order valence-electron chi connectivity index (χ1n) is 3.70. The lowest BCUT2D eigenvalue weighted by molar-refractivity contribution is 0.232. The predicted octanol–water partition coefficient (Wildman–Crippen LogP) is 1.98. The lowest BCUT2D eigenvalue weighted by atomic mass is 10.3. The fourth-order valence-corrected chi connectivity index (χ4v) is 0.768. The van der Waals surface area contributed by atoms with Crippen molar-refractivity contribution in [2.45, 2.75) is 26.9 Å². The largest absolute Gasteiger partial charge is 0.475 e. The van der Waals surface area contributed by atoms with Crippen molar-refractivity contribution in [1.82, 2.24) is 4.98 Å². The smallest absolute Gasteiger partial charge is 0.214 e. The lowest BCUT2D eigenvalue weighted by Crippen LogP contribution is -2.06. The van der Waals surface area contributed by atoms with Crippen molar-refractivity contribution in [3.05, 3.63) is 23.9 Å². The number of nitrogens with zero attached hydrogens (tertiary/aromatic N) is 1. The summed E-state index contributed by atoms with van der Waals surface area (Å²) >= 11 is 0. The van der Waals surface area contributed by atoms with Crippen molar-refractivity contribution in [2.75, 3.05) is 0 Å². The highest BCUT2D eigenvalue weighted by molar-refractivity contribution is 5.18. The van der Waals surface area contributed by atoms with Crippen molar-refractivity contribution in [2.24, 2.45) is 0 Å². The zero-order valence-corrected chi connectivity index (χ0v) is 7.09. The van der Waals surface area contributed by atoms with Crippen LogP contribution in [0.4, 0.5) is 0 Å². The van der Waals surface area contributed by atoms with Crippen LogP contribution in [-0.4, -0.2) is 11.1 Å². The quantitative estimate of drug-likeness (QED) is 0.643. The topological polar surface area (TPSA) is 22.1 Å². The number of hydrogen-bond acceptors (Lipinski definition) is 2. The molecule has 0 fully saturated rings. The van der Waals surface area contributed by atoms with Gasteiger partial charge in [-0.1, -0.05) is 0 Å². The van der Waals surface area contributed by atoms with Gasteiger partial charge in [0.25, 0.3) is 0 Å². The van der Waals surface area contributed by atoms with Gasteiger partial charge in [0.1, 0.15) is 0 Å². The average molecular weight is 150 g/mol. The van der Waals surface area contributed by atoms with Crippen LogP contribution < -0.4 is 4.74 Å². The Morgan fingerprint density at radius 3 is 2.82 bits per heavy atom. The summed E-state index contributed by atoms with van der Waals surface area (Å²) in [5, 5.41) is 0. The number of pyridine rings is 1. The van der Waals surface area contributed by atoms with Crippen LogP contribution in [0, 0.1) is 13.1 Å². The number of aromatic nitrogens is 1. The Balaban J connectivity index is 2.71. The summed E-state index contributed by atoms with van der Waals surface area (Å²) in [5.41, 5.74) is 1.12. The molecule has 1 aromatic rings. The summed E-state index contributed by atoms with van der Waals surface area (Å²) < 4.78 is 5.35. The van der Waals surface area contributed by atoms with E-state index >= 15 is 0 Å². The van der Waals surface area contributed by atoms with E-state index in [2.05, 4.69) is 11.2 Å². The minimum Gasteiger partial charge on any atom is -0.475 e. The Hall–Kier alpha value is -1.05. The molecule has 0 atom stereocenters. The molecule has 0 unspecified atom stereocenters. The molecule has 0 saturated heterocycles. The minimum absolute atomic E-state index is 0.178. The molecule has 1 heterocycles. The molecule has 0 bridgehead atoms. The van der Waals surface area contributed by atoms with Crippen molar-refractivity contribution in [1.29, 1.82) is 0 Å². The van der Waals surface area contributed by atoms with Gasteiger partial charge in [-0.15, -0.1) is 0 Å². The molecule has 2 heteroatoms. The van der Waals surface area contributed by atoms with Gasteiger partial charge in [-0.2, -0.15) is 0 Å². The third-order valence-corrected chi connectivity index (χ3v) is 1.17. The number of ether oxygens (including phenoxy) is 1. The van der Waals surface area contributed by atoms with E-state index in [-0.39, 0.29) is 6.10 Å². The van der Waals surface area contributed by atoms with Gasteiger partial charge in [-0.25, -0.2) is 4.98 Å². The Morgan fingerprint density at radius 2 is 2.27 bits per heavy atom. The molecule has 0 aliphatic heterocycles. The predicted molar refractivity (Wildman–Crippen MR) is 43.6 cm³/mol. The van der Waals surface area contributed by atoms with Crippen molar-refractivity contribution >= 4 is 0 Å². The Labute approximate surface area is 67.2 Å². The maximum absolute atomic E-state index is 5.35. The van der Waals surface area contributed by atoms with Crippen LogP contribution >= 0.6 is 0 Å². The third kappa shape index (κ3) is 2.58.